The molecular weight excluding hydrogens is 258 g/mol. The van der Waals surface area contributed by atoms with Gasteiger partial charge in [0.1, 0.15) is 0 Å². The van der Waals surface area contributed by atoms with Crippen LogP contribution in [0.2, 0.25) is 0 Å². The first-order chi connectivity index (χ1) is 9.46. The van der Waals surface area contributed by atoms with Crippen LogP contribution < -0.4 is 5.73 Å². The van der Waals surface area contributed by atoms with Gasteiger partial charge in [-0.05, 0) is 31.9 Å². The van der Waals surface area contributed by atoms with E-state index in [2.05, 4.69) is 4.98 Å². The third kappa shape index (κ3) is 2.80. The Bertz CT molecular complexity index is 522. The summed E-state index contributed by atoms with van der Waals surface area (Å²) in [7, 11) is 0. The molecule has 2 rings (SSSR count). The maximum absolute atomic E-state index is 12.4. The van der Waals surface area contributed by atoms with Gasteiger partial charge in [0.15, 0.2) is 0 Å². The van der Waals surface area contributed by atoms with Crippen LogP contribution in [-0.4, -0.2) is 40.0 Å². The maximum Gasteiger partial charge on any atom is 0.309 e. The minimum atomic E-state index is -0.793. The number of hydrogen-bond acceptors (Lipinski definition) is 4. The van der Waals surface area contributed by atoms with Crippen molar-refractivity contribution in [2.24, 2.45) is 11.1 Å². The number of carbonyl (C=O) groups is 2. The Morgan fingerprint density at radius 3 is 2.65 bits per heavy atom. The molecule has 0 aromatic carbocycles. The van der Waals surface area contributed by atoms with E-state index in [-0.39, 0.29) is 12.5 Å². The second kappa shape index (κ2) is 5.58. The number of carboxylic acid groups (broad SMARTS) is 1. The van der Waals surface area contributed by atoms with Gasteiger partial charge in [0.2, 0.25) is 0 Å². The summed E-state index contributed by atoms with van der Waals surface area (Å²) < 4.78 is 0. The van der Waals surface area contributed by atoms with Crippen molar-refractivity contribution in [3.8, 4) is 0 Å². The van der Waals surface area contributed by atoms with Crippen molar-refractivity contribution >= 4 is 11.9 Å². The maximum atomic E-state index is 12.4. The van der Waals surface area contributed by atoms with Crippen molar-refractivity contribution in [3.05, 3.63) is 29.6 Å². The standard InChI is InChI=1S/C14H19N3O3/c1-14(13(19)20)3-6-17(7-4-14)12(18)10-2-5-16-11(8-10)9-15/h2,5,8H,3-4,6-7,9,15H2,1H3,(H,19,20). The summed E-state index contributed by atoms with van der Waals surface area (Å²) in [5, 5.41) is 9.18. The third-order valence-electron chi connectivity index (χ3n) is 3.94. The van der Waals surface area contributed by atoms with Crippen molar-refractivity contribution in [2.75, 3.05) is 13.1 Å². The number of aliphatic carboxylic acids is 1. The lowest BCUT2D eigenvalue weighted by molar-refractivity contribution is -0.150. The van der Waals surface area contributed by atoms with Gasteiger partial charge in [-0.2, -0.15) is 0 Å². The van der Waals surface area contributed by atoms with Gasteiger partial charge in [0.25, 0.3) is 5.91 Å². The van der Waals surface area contributed by atoms with Crippen molar-refractivity contribution < 1.29 is 14.7 Å². The van der Waals surface area contributed by atoms with E-state index in [1.165, 1.54) is 0 Å². The molecule has 1 aliphatic rings. The van der Waals surface area contributed by atoms with Gasteiger partial charge in [-0.1, -0.05) is 0 Å². The van der Waals surface area contributed by atoms with E-state index in [0.717, 1.165) is 0 Å². The first-order valence-electron chi connectivity index (χ1n) is 6.64. The first-order valence-corrected chi connectivity index (χ1v) is 6.64. The molecule has 0 bridgehead atoms. The molecule has 0 saturated carbocycles. The third-order valence-corrected chi connectivity index (χ3v) is 3.94. The topological polar surface area (TPSA) is 96.5 Å². The number of piperidine rings is 1. The highest BCUT2D eigenvalue weighted by Gasteiger charge is 2.38. The summed E-state index contributed by atoms with van der Waals surface area (Å²) in [4.78, 5) is 29.3. The molecule has 1 aromatic heterocycles. The lowest BCUT2D eigenvalue weighted by Crippen LogP contribution is -2.45. The van der Waals surface area contributed by atoms with Gasteiger partial charge in [0, 0.05) is 31.4 Å². The van der Waals surface area contributed by atoms with Crippen molar-refractivity contribution in [3.63, 3.8) is 0 Å². The number of carbonyl (C=O) groups excluding carboxylic acids is 1. The molecule has 1 fully saturated rings. The fourth-order valence-corrected chi connectivity index (χ4v) is 2.32. The Kier molecular flexibility index (Phi) is 4.04. The fraction of sp³-hybridized carbons (Fsp3) is 0.500. The van der Waals surface area contributed by atoms with E-state index in [4.69, 9.17) is 5.73 Å². The quantitative estimate of drug-likeness (QED) is 0.854. The minimum absolute atomic E-state index is 0.0884. The van der Waals surface area contributed by atoms with Crippen molar-refractivity contribution in [1.29, 1.82) is 0 Å². The van der Waals surface area contributed by atoms with E-state index >= 15 is 0 Å². The molecule has 6 nitrogen and oxygen atoms in total. The Labute approximate surface area is 117 Å². The molecule has 1 aliphatic heterocycles. The van der Waals surface area contributed by atoms with Crippen LogP contribution in [-0.2, 0) is 11.3 Å². The second-order valence-corrected chi connectivity index (χ2v) is 5.40. The highest BCUT2D eigenvalue weighted by atomic mass is 16.4. The monoisotopic (exact) mass is 277 g/mol. The molecule has 108 valence electrons. The summed E-state index contributed by atoms with van der Waals surface area (Å²) in [6, 6.07) is 3.35. The van der Waals surface area contributed by atoms with Crippen LogP contribution in [0.25, 0.3) is 0 Å². The minimum Gasteiger partial charge on any atom is -0.481 e. The van der Waals surface area contributed by atoms with Gasteiger partial charge < -0.3 is 15.7 Å². The summed E-state index contributed by atoms with van der Waals surface area (Å²) in [5.41, 5.74) is 6.01. The number of pyridine rings is 1. The van der Waals surface area contributed by atoms with E-state index in [1.54, 1.807) is 30.2 Å². The molecule has 1 saturated heterocycles. The highest BCUT2D eigenvalue weighted by molar-refractivity contribution is 5.94. The average Bonchev–Trinajstić information content (AvgIpc) is 2.47. The molecule has 2 heterocycles. The Balaban J connectivity index is 2.06. The fourth-order valence-electron chi connectivity index (χ4n) is 2.32. The van der Waals surface area contributed by atoms with Gasteiger partial charge in [-0.15, -0.1) is 0 Å². The van der Waals surface area contributed by atoms with Crippen LogP contribution in [0, 0.1) is 5.41 Å². The number of carboxylic acids is 1. The van der Waals surface area contributed by atoms with E-state index in [1.807, 2.05) is 0 Å². The molecule has 0 aliphatic carbocycles. The van der Waals surface area contributed by atoms with Crippen LogP contribution in [0.1, 0.15) is 35.8 Å². The largest absolute Gasteiger partial charge is 0.481 e. The van der Waals surface area contributed by atoms with Crippen LogP contribution >= 0.6 is 0 Å². The zero-order valence-electron chi connectivity index (χ0n) is 11.5. The van der Waals surface area contributed by atoms with Crippen LogP contribution in [0.5, 0.6) is 0 Å². The summed E-state index contributed by atoms with van der Waals surface area (Å²) in [5.74, 6) is -0.881. The van der Waals surface area contributed by atoms with Crippen molar-refractivity contribution in [2.45, 2.75) is 26.3 Å². The SMILES string of the molecule is CC1(C(=O)O)CCN(C(=O)c2ccnc(CN)c2)CC1. The zero-order valence-corrected chi connectivity index (χ0v) is 11.5. The summed E-state index contributed by atoms with van der Waals surface area (Å²) in [6.45, 7) is 2.94. The molecule has 0 atom stereocenters. The predicted molar refractivity (Wildman–Crippen MR) is 73.0 cm³/mol. The molecule has 0 spiro atoms. The number of nitrogens with zero attached hydrogens (tertiary/aromatic N) is 2. The van der Waals surface area contributed by atoms with Crippen LogP contribution in [0.4, 0.5) is 0 Å². The molecular formula is C14H19N3O3. The van der Waals surface area contributed by atoms with E-state index < -0.39 is 11.4 Å². The predicted octanol–water partition coefficient (Wildman–Crippen LogP) is 0.867. The number of amides is 1. The number of aromatic nitrogens is 1. The lowest BCUT2D eigenvalue weighted by Gasteiger charge is -2.36. The van der Waals surface area contributed by atoms with Gasteiger partial charge in [0.05, 0.1) is 11.1 Å². The number of likely N-dealkylation sites (tertiary alicyclic amines) is 1. The average molecular weight is 277 g/mol. The van der Waals surface area contributed by atoms with Gasteiger partial charge in [-0.3, -0.25) is 14.6 Å². The Hall–Kier alpha value is -1.95. The molecule has 0 unspecified atom stereocenters. The Morgan fingerprint density at radius 1 is 1.45 bits per heavy atom. The van der Waals surface area contributed by atoms with E-state index in [9.17, 15) is 14.7 Å². The van der Waals surface area contributed by atoms with E-state index in [0.29, 0.717) is 37.2 Å². The van der Waals surface area contributed by atoms with Crippen molar-refractivity contribution in [1.82, 2.24) is 9.88 Å². The number of nitrogens with two attached hydrogens (primary N) is 1. The molecule has 20 heavy (non-hydrogen) atoms. The molecule has 0 radical (unpaired) electrons. The molecule has 1 amide bonds. The smallest absolute Gasteiger partial charge is 0.309 e. The lowest BCUT2D eigenvalue weighted by atomic mass is 9.80. The zero-order chi connectivity index (χ0) is 14.8. The first kappa shape index (κ1) is 14.5. The Morgan fingerprint density at radius 2 is 2.10 bits per heavy atom. The molecule has 3 N–H and O–H groups in total. The van der Waals surface area contributed by atoms with Gasteiger partial charge >= 0.3 is 5.97 Å². The normalized spacial score (nSPS) is 17.8. The highest BCUT2D eigenvalue weighted by Crippen LogP contribution is 2.31. The molecule has 1 aromatic rings. The van der Waals surface area contributed by atoms with Gasteiger partial charge in [-0.25, -0.2) is 0 Å². The number of rotatable bonds is 3. The number of hydrogen-bond donors (Lipinski definition) is 2. The molecule has 6 heteroatoms. The summed E-state index contributed by atoms with van der Waals surface area (Å²) >= 11 is 0. The second-order valence-electron chi connectivity index (χ2n) is 5.40. The summed E-state index contributed by atoms with van der Waals surface area (Å²) in [6.07, 6.45) is 2.52. The van der Waals surface area contributed by atoms with Crippen LogP contribution in [0.3, 0.4) is 0 Å². The van der Waals surface area contributed by atoms with Crippen LogP contribution in [0.15, 0.2) is 18.3 Å².